The Hall–Kier alpha value is -2.02. The Morgan fingerprint density at radius 2 is 2.00 bits per heavy atom. The lowest BCUT2D eigenvalue weighted by Crippen LogP contribution is -2.35. The Kier molecular flexibility index (Phi) is 4.80. The van der Waals surface area contributed by atoms with E-state index in [0.29, 0.717) is 25.0 Å². The van der Waals surface area contributed by atoms with Gasteiger partial charge in [0.2, 0.25) is 0 Å². The molecule has 2 saturated carbocycles. The largest absolute Gasteiger partial charge is 0.493 e. The second-order valence-corrected chi connectivity index (χ2v) is 7.16. The summed E-state index contributed by atoms with van der Waals surface area (Å²) in [6.45, 7) is 1.92. The molecule has 0 aromatic heterocycles. The van der Waals surface area contributed by atoms with Crippen molar-refractivity contribution in [1.82, 2.24) is 0 Å². The van der Waals surface area contributed by atoms with Crippen LogP contribution in [0.15, 0.2) is 18.2 Å². The molecule has 0 amide bonds. The normalized spacial score (nSPS) is 27.7. The zero-order chi connectivity index (χ0) is 17.2. The minimum absolute atomic E-state index is 0.0697. The van der Waals surface area contributed by atoms with Gasteiger partial charge in [0, 0.05) is 12.3 Å². The van der Waals surface area contributed by atoms with Gasteiger partial charge in [-0.1, -0.05) is 13.0 Å². The molecule has 4 nitrogen and oxygen atoms in total. The van der Waals surface area contributed by atoms with Crippen LogP contribution in [-0.4, -0.2) is 19.0 Å². The highest BCUT2D eigenvalue weighted by molar-refractivity contribution is 5.82. The lowest BCUT2D eigenvalue weighted by molar-refractivity contribution is -0.124. The van der Waals surface area contributed by atoms with Crippen LogP contribution in [0.1, 0.15) is 57.4 Å². The summed E-state index contributed by atoms with van der Waals surface area (Å²) in [6, 6.07) is 8.29. The third-order valence-corrected chi connectivity index (χ3v) is 5.53. The summed E-state index contributed by atoms with van der Waals surface area (Å²) in [7, 11) is 1.64. The van der Waals surface area contributed by atoms with Gasteiger partial charge in [0.1, 0.15) is 5.78 Å². The van der Waals surface area contributed by atoms with Gasteiger partial charge in [-0.25, -0.2) is 0 Å². The van der Waals surface area contributed by atoms with E-state index in [0.717, 1.165) is 24.2 Å². The molecule has 2 aliphatic carbocycles. The molecule has 0 heterocycles. The molecule has 2 fully saturated rings. The molecule has 0 spiro atoms. The third-order valence-electron chi connectivity index (χ3n) is 5.53. The fraction of sp³-hybridized carbons (Fsp3) is 0.600. The van der Waals surface area contributed by atoms with E-state index in [1.807, 2.05) is 25.1 Å². The first kappa shape index (κ1) is 16.8. The topological polar surface area (TPSA) is 59.3 Å². The van der Waals surface area contributed by atoms with Crippen molar-refractivity contribution < 1.29 is 14.3 Å². The zero-order valence-corrected chi connectivity index (χ0v) is 14.5. The Morgan fingerprint density at radius 1 is 1.25 bits per heavy atom. The monoisotopic (exact) mass is 327 g/mol. The smallest absolute Gasteiger partial charge is 0.161 e. The van der Waals surface area contributed by atoms with Gasteiger partial charge in [0.05, 0.1) is 24.7 Å². The lowest BCUT2D eigenvalue weighted by atomic mass is 9.66. The molecule has 0 bridgehead atoms. The van der Waals surface area contributed by atoms with Gasteiger partial charge >= 0.3 is 0 Å². The molecular weight excluding hydrogens is 302 g/mol. The van der Waals surface area contributed by atoms with Crippen LogP contribution >= 0.6 is 0 Å². The predicted molar refractivity (Wildman–Crippen MR) is 91.2 cm³/mol. The van der Waals surface area contributed by atoms with Crippen molar-refractivity contribution >= 4 is 5.78 Å². The van der Waals surface area contributed by atoms with Gasteiger partial charge in [0.15, 0.2) is 11.5 Å². The average molecular weight is 327 g/mol. The van der Waals surface area contributed by atoms with Crippen LogP contribution in [0, 0.1) is 17.2 Å². The highest BCUT2D eigenvalue weighted by atomic mass is 16.5. The molecule has 0 N–H and O–H groups in total. The summed E-state index contributed by atoms with van der Waals surface area (Å²) in [6.07, 6.45) is 6.42. The van der Waals surface area contributed by atoms with Crippen molar-refractivity contribution in [3.63, 3.8) is 0 Å². The van der Waals surface area contributed by atoms with Crippen LogP contribution in [-0.2, 0) is 10.2 Å². The van der Waals surface area contributed by atoms with Crippen LogP contribution in [0.2, 0.25) is 0 Å². The second-order valence-electron chi connectivity index (χ2n) is 7.16. The number of rotatable bonds is 4. The van der Waals surface area contributed by atoms with Gasteiger partial charge in [0.25, 0.3) is 0 Å². The van der Waals surface area contributed by atoms with Crippen molar-refractivity contribution in [1.29, 1.82) is 5.26 Å². The molecule has 2 atom stereocenters. The highest BCUT2D eigenvalue weighted by Crippen LogP contribution is 2.43. The minimum Gasteiger partial charge on any atom is -0.493 e. The van der Waals surface area contributed by atoms with E-state index >= 15 is 0 Å². The molecule has 24 heavy (non-hydrogen) atoms. The second kappa shape index (κ2) is 6.84. The van der Waals surface area contributed by atoms with E-state index < -0.39 is 5.41 Å². The van der Waals surface area contributed by atoms with Crippen LogP contribution < -0.4 is 9.47 Å². The number of hydrogen-bond donors (Lipinski definition) is 0. The van der Waals surface area contributed by atoms with E-state index in [2.05, 4.69) is 6.07 Å². The third kappa shape index (κ3) is 3.13. The lowest BCUT2D eigenvalue weighted by Gasteiger charge is -2.34. The quantitative estimate of drug-likeness (QED) is 0.833. The molecule has 0 aliphatic heterocycles. The minimum atomic E-state index is -0.604. The van der Waals surface area contributed by atoms with Crippen LogP contribution in [0.25, 0.3) is 0 Å². The van der Waals surface area contributed by atoms with Crippen molar-refractivity contribution in [3.8, 4) is 17.6 Å². The zero-order valence-electron chi connectivity index (χ0n) is 14.5. The number of ketones is 1. The standard InChI is InChI=1S/C20H25NO3/c1-14-12-20(13-21,10-9-17(14)22)15-7-8-18(23-2)19(11-15)24-16-5-3-4-6-16/h7-8,11,14,16H,3-6,9-10,12H2,1-2H3. The Morgan fingerprint density at radius 3 is 2.62 bits per heavy atom. The van der Waals surface area contributed by atoms with Crippen LogP contribution in [0.3, 0.4) is 0 Å². The Balaban J connectivity index is 1.92. The Labute approximate surface area is 143 Å². The number of ether oxygens (including phenoxy) is 2. The number of Topliss-reactive ketones (excluding diaryl/α,β-unsaturated/α-hetero) is 1. The Bertz CT molecular complexity index is 657. The van der Waals surface area contributed by atoms with Crippen LogP contribution in [0.4, 0.5) is 0 Å². The maximum Gasteiger partial charge on any atom is 0.161 e. The van der Waals surface area contributed by atoms with Gasteiger partial charge in [-0.15, -0.1) is 0 Å². The summed E-state index contributed by atoms with van der Waals surface area (Å²) in [5.74, 6) is 1.62. The molecule has 2 unspecified atom stereocenters. The van der Waals surface area contributed by atoms with Crippen LogP contribution in [0.5, 0.6) is 11.5 Å². The predicted octanol–water partition coefficient (Wildman–Crippen LogP) is 4.17. The van der Waals surface area contributed by atoms with E-state index in [4.69, 9.17) is 9.47 Å². The number of nitriles is 1. The summed E-state index contributed by atoms with van der Waals surface area (Å²) in [5, 5.41) is 9.87. The number of hydrogen-bond acceptors (Lipinski definition) is 4. The highest BCUT2D eigenvalue weighted by Gasteiger charge is 2.40. The summed E-state index contributed by atoms with van der Waals surface area (Å²) in [5.41, 5.74) is 0.339. The van der Waals surface area contributed by atoms with Gasteiger partial charge < -0.3 is 9.47 Å². The molecule has 0 saturated heterocycles. The SMILES string of the molecule is COc1ccc(C2(C#N)CCC(=O)C(C)C2)cc1OC1CCCC1. The molecule has 0 radical (unpaired) electrons. The first-order valence-corrected chi connectivity index (χ1v) is 8.87. The molecule has 2 aliphatic rings. The first-order chi connectivity index (χ1) is 11.6. The molecular formula is C20H25NO3. The van der Waals surface area contributed by atoms with Gasteiger partial charge in [-0.3, -0.25) is 4.79 Å². The van der Waals surface area contributed by atoms with Gasteiger partial charge in [-0.2, -0.15) is 5.26 Å². The maximum atomic E-state index is 11.9. The summed E-state index contributed by atoms with van der Waals surface area (Å²) < 4.78 is 11.6. The molecule has 1 aromatic rings. The fourth-order valence-electron chi connectivity index (χ4n) is 4.00. The van der Waals surface area contributed by atoms with E-state index in [1.165, 1.54) is 12.8 Å². The van der Waals surface area contributed by atoms with E-state index in [9.17, 15) is 10.1 Å². The van der Waals surface area contributed by atoms with E-state index in [-0.39, 0.29) is 17.8 Å². The number of methoxy groups -OCH3 is 1. The van der Waals surface area contributed by atoms with Crippen molar-refractivity contribution in [2.75, 3.05) is 7.11 Å². The average Bonchev–Trinajstić information content (AvgIpc) is 3.10. The molecule has 3 rings (SSSR count). The van der Waals surface area contributed by atoms with Crippen molar-refractivity contribution in [3.05, 3.63) is 23.8 Å². The molecule has 4 heteroatoms. The van der Waals surface area contributed by atoms with Crippen molar-refractivity contribution in [2.45, 2.75) is 63.4 Å². The van der Waals surface area contributed by atoms with Gasteiger partial charge in [-0.05, 0) is 56.2 Å². The molecule has 128 valence electrons. The fourth-order valence-corrected chi connectivity index (χ4v) is 4.00. The van der Waals surface area contributed by atoms with E-state index in [1.54, 1.807) is 7.11 Å². The van der Waals surface area contributed by atoms with Crippen molar-refractivity contribution in [2.24, 2.45) is 5.92 Å². The summed E-state index contributed by atoms with van der Waals surface area (Å²) >= 11 is 0. The first-order valence-electron chi connectivity index (χ1n) is 8.87. The number of nitrogens with zero attached hydrogens (tertiary/aromatic N) is 1. The summed E-state index contributed by atoms with van der Waals surface area (Å²) in [4.78, 5) is 11.9. The number of carbonyl (C=O) groups excluding carboxylic acids is 1. The number of carbonyl (C=O) groups is 1. The molecule has 1 aromatic carbocycles. The maximum absolute atomic E-state index is 11.9. The number of benzene rings is 1.